The zero-order chi connectivity index (χ0) is 13.8. The van der Waals surface area contributed by atoms with Gasteiger partial charge in [-0.05, 0) is 36.6 Å². The molecule has 2 aromatic rings. The molecule has 0 bridgehead atoms. The number of fused-ring (bicyclic) bond motifs is 1. The van der Waals surface area contributed by atoms with Crippen molar-refractivity contribution < 1.29 is 0 Å². The molecule has 1 fully saturated rings. The Morgan fingerprint density at radius 3 is 2.70 bits per heavy atom. The first-order valence-electron chi connectivity index (χ1n) is 7.70. The highest BCUT2D eigenvalue weighted by Crippen LogP contribution is 2.29. The average molecular weight is 289 g/mol. The summed E-state index contributed by atoms with van der Waals surface area (Å²) in [5, 5.41) is 1.32. The van der Waals surface area contributed by atoms with E-state index in [9.17, 15) is 0 Å². The first-order chi connectivity index (χ1) is 9.88. The first-order valence-corrected chi connectivity index (χ1v) is 8.47. The minimum absolute atomic E-state index is 1.11. The lowest BCUT2D eigenvalue weighted by molar-refractivity contribution is 0.252. The van der Waals surface area contributed by atoms with Crippen molar-refractivity contribution in [3.8, 4) is 0 Å². The maximum absolute atomic E-state index is 4.67. The predicted octanol–water partition coefficient (Wildman–Crippen LogP) is 3.61. The molecule has 1 aliphatic heterocycles. The lowest BCUT2D eigenvalue weighted by atomic mass is 10.2. The molecule has 1 aromatic heterocycles. The molecule has 2 heterocycles. The van der Waals surface area contributed by atoms with Crippen LogP contribution in [0.1, 0.15) is 26.2 Å². The Kier molecular flexibility index (Phi) is 4.53. The summed E-state index contributed by atoms with van der Waals surface area (Å²) >= 11 is 1.62. The van der Waals surface area contributed by atoms with Crippen molar-refractivity contribution in [2.24, 2.45) is 0 Å². The molecule has 0 amide bonds. The van der Waals surface area contributed by atoms with Gasteiger partial charge >= 0.3 is 0 Å². The smallest absolute Gasteiger partial charge is 0.150 e. The number of rotatable bonds is 5. The van der Waals surface area contributed by atoms with Crippen LogP contribution in [0.25, 0.3) is 10.1 Å². The maximum Gasteiger partial charge on any atom is 0.150 e. The number of hydrogen-bond acceptors (Lipinski definition) is 4. The highest BCUT2D eigenvalue weighted by Gasteiger charge is 2.20. The third kappa shape index (κ3) is 2.96. The van der Waals surface area contributed by atoms with E-state index in [0.29, 0.717) is 0 Å². The van der Waals surface area contributed by atoms with Crippen LogP contribution in [0.5, 0.6) is 0 Å². The van der Waals surface area contributed by atoms with Gasteiger partial charge in [-0.1, -0.05) is 31.9 Å². The van der Waals surface area contributed by atoms with Crippen LogP contribution in [-0.2, 0) is 0 Å². The van der Waals surface area contributed by atoms with Crippen LogP contribution in [0.3, 0.4) is 0 Å². The summed E-state index contributed by atoms with van der Waals surface area (Å²) in [6.07, 6.45) is 4.01. The van der Waals surface area contributed by atoms with Crippen molar-refractivity contribution in [1.29, 1.82) is 0 Å². The van der Waals surface area contributed by atoms with E-state index in [-0.39, 0.29) is 0 Å². The third-order valence-electron chi connectivity index (χ3n) is 4.11. The van der Waals surface area contributed by atoms with Gasteiger partial charge in [-0.15, -0.1) is 0 Å². The Morgan fingerprint density at radius 2 is 1.90 bits per heavy atom. The molecule has 0 spiro atoms. The van der Waals surface area contributed by atoms with Crippen molar-refractivity contribution in [2.75, 3.05) is 37.6 Å². The van der Waals surface area contributed by atoms with Gasteiger partial charge in [-0.2, -0.15) is 4.37 Å². The summed E-state index contributed by atoms with van der Waals surface area (Å²) in [5.74, 6) is 1.19. The number of anilines is 1. The second kappa shape index (κ2) is 6.55. The molecule has 1 aromatic carbocycles. The molecule has 4 heteroatoms. The summed E-state index contributed by atoms with van der Waals surface area (Å²) in [5.41, 5.74) is 0. The number of aromatic nitrogens is 1. The van der Waals surface area contributed by atoms with Gasteiger partial charge in [0.1, 0.15) is 5.82 Å². The Morgan fingerprint density at radius 1 is 1.10 bits per heavy atom. The van der Waals surface area contributed by atoms with Crippen molar-refractivity contribution in [2.45, 2.75) is 26.2 Å². The highest BCUT2D eigenvalue weighted by molar-refractivity contribution is 7.13. The molecular weight excluding hydrogens is 266 g/mol. The zero-order valence-electron chi connectivity index (χ0n) is 12.2. The van der Waals surface area contributed by atoms with Gasteiger partial charge in [0, 0.05) is 31.6 Å². The van der Waals surface area contributed by atoms with Crippen LogP contribution >= 0.6 is 11.5 Å². The zero-order valence-corrected chi connectivity index (χ0v) is 13.0. The summed E-state index contributed by atoms with van der Waals surface area (Å²) in [6.45, 7) is 8.11. The Labute approximate surface area is 125 Å². The minimum Gasteiger partial charge on any atom is -0.353 e. The second-order valence-electron chi connectivity index (χ2n) is 5.54. The fraction of sp³-hybridized carbons (Fsp3) is 0.562. The Balaban J connectivity index is 1.60. The van der Waals surface area contributed by atoms with Crippen LogP contribution in [0.2, 0.25) is 0 Å². The van der Waals surface area contributed by atoms with Crippen molar-refractivity contribution in [3.63, 3.8) is 0 Å². The van der Waals surface area contributed by atoms with Crippen LogP contribution in [0.4, 0.5) is 5.82 Å². The second-order valence-corrected chi connectivity index (χ2v) is 6.34. The van der Waals surface area contributed by atoms with Gasteiger partial charge in [0.2, 0.25) is 0 Å². The van der Waals surface area contributed by atoms with Gasteiger partial charge in [0.25, 0.3) is 0 Å². The molecular formula is C16H23N3S. The van der Waals surface area contributed by atoms with E-state index >= 15 is 0 Å². The van der Waals surface area contributed by atoms with E-state index in [0.717, 1.165) is 13.1 Å². The van der Waals surface area contributed by atoms with Crippen molar-refractivity contribution in [3.05, 3.63) is 24.3 Å². The average Bonchev–Trinajstić information content (AvgIpc) is 2.92. The number of unbranched alkanes of at least 4 members (excludes halogenated alkanes) is 2. The molecule has 0 aliphatic carbocycles. The normalized spacial score (nSPS) is 16.9. The summed E-state index contributed by atoms with van der Waals surface area (Å²) in [7, 11) is 0. The summed E-state index contributed by atoms with van der Waals surface area (Å²) in [6, 6.07) is 8.57. The molecule has 0 N–H and O–H groups in total. The molecule has 1 aliphatic rings. The van der Waals surface area contributed by atoms with E-state index in [4.69, 9.17) is 0 Å². The molecule has 20 heavy (non-hydrogen) atoms. The SMILES string of the molecule is CCCCCN1CCN(c2nsc3ccccc23)CC1. The molecule has 0 atom stereocenters. The highest BCUT2D eigenvalue weighted by atomic mass is 32.1. The van der Waals surface area contributed by atoms with Crippen LogP contribution in [0.15, 0.2) is 24.3 Å². The molecule has 1 saturated heterocycles. The monoisotopic (exact) mass is 289 g/mol. The van der Waals surface area contributed by atoms with E-state index in [1.807, 2.05) is 0 Å². The number of hydrogen-bond donors (Lipinski definition) is 0. The van der Waals surface area contributed by atoms with Crippen molar-refractivity contribution in [1.82, 2.24) is 9.27 Å². The lowest BCUT2D eigenvalue weighted by Gasteiger charge is -2.35. The predicted molar refractivity (Wildman–Crippen MR) is 87.8 cm³/mol. The van der Waals surface area contributed by atoms with Gasteiger partial charge in [-0.3, -0.25) is 4.90 Å². The number of piperazine rings is 1. The quantitative estimate of drug-likeness (QED) is 0.784. The summed E-state index contributed by atoms with van der Waals surface area (Å²) in [4.78, 5) is 5.05. The van der Waals surface area contributed by atoms with E-state index < -0.39 is 0 Å². The lowest BCUT2D eigenvalue weighted by Crippen LogP contribution is -2.46. The van der Waals surface area contributed by atoms with Crippen molar-refractivity contribution >= 4 is 27.4 Å². The Bertz CT molecular complexity index is 543. The molecule has 0 saturated carbocycles. The molecule has 108 valence electrons. The van der Waals surface area contributed by atoms with E-state index in [1.165, 1.54) is 54.8 Å². The molecule has 0 radical (unpaired) electrons. The van der Waals surface area contributed by atoms with Crippen LogP contribution < -0.4 is 4.90 Å². The number of nitrogens with zero attached hydrogens (tertiary/aromatic N) is 3. The largest absolute Gasteiger partial charge is 0.353 e. The topological polar surface area (TPSA) is 19.4 Å². The van der Waals surface area contributed by atoms with Crippen LogP contribution in [-0.4, -0.2) is 42.0 Å². The van der Waals surface area contributed by atoms with Gasteiger partial charge in [0.15, 0.2) is 0 Å². The minimum atomic E-state index is 1.11. The maximum atomic E-state index is 4.67. The number of benzene rings is 1. The van der Waals surface area contributed by atoms with E-state index in [1.54, 1.807) is 11.5 Å². The summed E-state index contributed by atoms with van der Waals surface area (Å²) < 4.78 is 5.97. The van der Waals surface area contributed by atoms with Gasteiger partial charge < -0.3 is 4.90 Å². The molecule has 0 unspecified atom stereocenters. The fourth-order valence-electron chi connectivity index (χ4n) is 2.87. The third-order valence-corrected chi connectivity index (χ3v) is 4.93. The van der Waals surface area contributed by atoms with Gasteiger partial charge in [0.05, 0.1) is 4.70 Å². The Hall–Kier alpha value is -1.13. The molecule has 3 rings (SSSR count). The first kappa shape index (κ1) is 13.8. The van der Waals surface area contributed by atoms with Crippen LogP contribution in [0, 0.1) is 0 Å². The van der Waals surface area contributed by atoms with Gasteiger partial charge in [-0.25, -0.2) is 0 Å². The molecule has 3 nitrogen and oxygen atoms in total. The van der Waals surface area contributed by atoms with E-state index in [2.05, 4.69) is 45.4 Å². The fourth-order valence-corrected chi connectivity index (χ4v) is 3.67. The standard InChI is InChI=1S/C16H23N3S/c1-2-3-6-9-18-10-12-19(13-11-18)16-14-7-4-5-8-15(14)20-17-16/h4-5,7-8H,2-3,6,9-13H2,1H3.